The van der Waals surface area contributed by atoms with Gasteiger partial charge in [-0.3, -0.25) is 0 Å². The van der Waals surface area contributed by atoms with Gasteiger partial charge >= 0.3 is 0 Å². The lowest BCUT2D eigenvalue weighted by Crippen LogP contribution is -1.98. The molecule has 0 saturated carbocycles. The normalized spacial score (nSPS) is 23.9. The van der Waals surface area contributed by atoms with Crippen LogP contribution in [-0.4, -0.2) is 0 Å². The predicted molar refractivity (Wildman–Crippen MR) is 36.6 cm³/mol. The van der Waals surface area contributed by atoms with Crippen molar-refractivity contribution in [3.8, 4) is 0 Å². The summed E-state index contributed by atoms with van der Waals surface area (Å²) in [6.45, 7) is 2.64. The summed E-state index contributed by atoms with van der Waals surface area (Å²) >= 11 is 0. The predicted octanol–water partition coefficient (Wildman–Crippen LogP) is 2.38. The van der Waals surface area contributed by atoms with Crippen molar-refractivity contribution in [3.63, 3.8) is 0 Å². The summed E-state index contributed by atoms with van der Waals surface area (Å²) in [5.41, 5.74) is 0. The summed E-state index contributed by atoms with van der Waals surface area (Å²) in [6, 6.07) is 0. The highest BCUT2D eigenvalue weighted by Crippen LogP contribution is 2.17. The minimum atomic E-state index is 0.486. The zero-order valence-electron chi connectivity index (χ0n) is 6.17. The first-order valence-corrected chi connectivity index (χ1v) is 2.99. The van der Waals surface area contributed by atoms with E-state index in [1.165, 1.54) is 0 Å². The van der Waals surface area contributed by atoms with Crippen molar-refractivity contribution in [2.75, 3.05) is 0 Å². The summed E-state index contributed by atoms with van der Waals surface area (Å²) in [4.78, 5) is 0. The van der Waals surface area contributed by atoms with E-state index in [0.29, 0.717) is 18.7 Å². The third-order valence-electron chi connectivity index (χ3n) is 1.43. The second-order valence-electron chi connectivity index (χ2n) is 2.32. The molecule has 0 heteroatoms. The quantitative estimate of drug-likeness (QED) is 0.485. The Balaban J connectivity index is 2.43. The van der Waals surface area contributed by atoms with Crippen LogP contribution < -0.4 is 0 Å². The molecular weight excluding hydrogens is 96.1 g/mol. The maximum absolute atomic E-state index is 7.11. The van der Waals surface area contributed by atoms with Crippen molar-refractivity contribution in [3.05, 3.63) is 24.3 Å². The molecule has 0 saturated heterocycles. The highest BCUT2D eigenvalue weighted by atomic mass is 14.1. The minimum Gasteiger partial charge on any atom is -0.0774 e. The van der Waals surface area contributed by atoms with Crippen LogP contribution in [0.25, 0.3) is 0 Å². The van der Waals surface area contributed by atoms with Gasteiger partial charge < -0.3 is 0 Å². The third kappa shape index (κ3) is 1.00. The Kier molecular flexibility index (Phi) is 1.18. The van der Waals surface area contributed by atoms with Gasteiger partial charge in [-0.25, -0.2) is 0 Å². The van der Waals surface area contributed by atoms with Crippen LogP contribution in [0, 0.1) is 11.8 Å². The van der Waals surface area contributed by atoms with Crippen LogP contribution in [0.3, 0.4) is 0 Å². The van der Waals surface area contributed by atoms with Crippen LogP contribution in [0.1, 0.15) is 15.2 Å². The maximum Gasteiger partial charge on any atom is 0.0233 e. The molecule has 0 heterocycles. The van der Waals surface area contributed by atoms with Crippen LogP contribution in [0.5, 0.6) is 0 Å². The standard InChI is InChI=1S/C8H12/c1-7(2)8-5-3-4-6-8/h3-8H,1-2H3/i1D. The van der Waals surface area contributed by atoms with Crippen molar-refractivity contribution in [2.24, 2.45) is 11.8 Å². The van der Waals surface area contributed by atoms with Gasteiger partial charge in [0, 0.05) is 1.37 Å². The fourth-order valence-corrected chi connectivity index (χ4v) is 0.828. The summed E-state index contributed by atoms with van der Waals surface area (Å²) in [5, 5.41) is 0. The van der Waals surface area contributed by atoms with Gasteiger partial charge in [-0.15, -0.1) is 0 Å². The second kappa shape index (κ2) is 2.17. The Morgan fingerprint density at radius 3 is 2.62 bits per heavy atom. The molecule has 1 aliphatic carbocycles. The Labute approximate surface area is 52.3 Å². The summed E-state index contributed by atoms with van der Waals surface area (Å²) < 4.78 is 7.11. The number of rotatable bonds is 1. The van der Waals surface area contributed by atoms with E-state index in [4.69, 9.17) is 1.37 Å². The van der Waals surface area contributed by atoms with Crippen molar-refractivity contribution < 1.29 is 1.37 Å². The SMILES string of the molecule is [2H]CC(C)C1C=CC=C1. The number of hydrogen-bond acceptors (Lipinski definition) is 0. The van der Waals surface area contributed by atoms with Gasteiger partial charge in [0.1, 0.15) is 0 Å². The van der Waals surface area contributed by atoms with Gasteiger partial charge in [0.05, 0.1) is 0 Å². The zero-order valence-corrected chi connectivity index (χ0v) is 5.17. The van der Waals surface area contributed by atoms with Gasteiger partial charge in [0.15, 0.2) is 0 Å². The van der Waals surface area contributed by atoms with Gasteiger partial charge in [0.25, 0.3) is 0 Å². The highest BCUT2D eigenvalue weighted by Gasteiger charge is 2.06. The fraction of sp³-hybridized carbons (Fsp3) is 0.500. The van der Waals surface area contributed by atoms with E-state index >= 15 is 0 Å². The van der Waals surface area contributed by atoms with Crippen LogP contribution in [-0.2, 0) is 0 Å². The molecule has 0 bridgehead atoms. The van der Waals surface area contributed by atoms with E-state index < -0.39 is 0 Å². The Hall–Kier alpha value is -0.520. The molecule has 0 fully saturated rings. The van der Waals surface area contributed by atoms with E-state index in [1.54, 1.807) is 0 Å². The highest BCUT2D eigenvalue weighted by molar-refractivity contribution is 5.17. The molecule has 1 unspecified atom stereocenters. The molecule has 1 aliphatic rings. The molecule has 0 N–H and O–H groups in total. The molecule has 0 nitrogen and oxygen atoms in total. The zero-order chi connectivity index (χ0) is 6.69. The molecule has 0 aromatic rings. The fourth-order valence-electron chi connectivity index (χ4n) is 0.828. The topological polar surface area (TPSA) is 0 Å². The van der Waals surface area contributed by atoms with Gasteiger partial charge in [-0.2, -0.15) is 0 Å². The van der Waals surface area contributed by atoms with Crippen LogP contribution in [0.15, 0.2) is 24.3 Å². The summed E-state index contributed by atoms with van der Waals surface area (Å²) in [6.07, 6.45) is 8.41. The average Bonchev–Trinajstić information content (AvgIpc) is 2.37. The van der Waals surface area contributed by atoms with Gasteiger partial charge in [-0.1, -0.05) is 38.1 Å². The lowest BCUT2D eigenvalue weighted by Gasteiger charge is -2.07. The van der Waals surface area contributed by atoms with Crippen LogP contribution >= 0.6 is 0 Å². The monoisotopic (exact) mass is 109 g/mol. The first-order chi connectivity index (χ1) is 4.34. The molecule has 1 atom stereocenters. The lowest BCUT2D eigenvalue weighted by molar-refractivity contribution is 0.555. The summed E-state index contributed by atoms with van der Waals surface area (Å²) in [7, 11) is 0. The van der Waals surface area contributed by atoms with Gasteiger partial charge in [0.2, 0.25) is 0 Å². The van der Waals surface area contributed by atoms with E-state index in [1.807, 2.05) is 0 Å². The molecule has 0 radical (unpaired) electrons. The van der Waals surface area contributed by atoms with E-state index in [-0.39, 0.29) is 0 Å². The van der Waals surface area contributed by atoms with Crippen molar-refractivity contribution >= 4 is 0 Å². The maximum atomic E-state index is 7.11. The molecule has 0 spiro atoms. The number of allylic oxidation sites excluding steroid dienone is 4. The molecule has 1 rings (SSSR count). The summed E-state index contributed by atoms with van der Waals surface area (Å²) in [5.74, 6) is 1.02. The molecule has 8 heavy (non-hydrogen) atoms. The second-order valence-corrected chi connectivity index (χ2v) is 2.32. The number of hydrogen-bond donors (Lipinski definition) is 0. The third-order valence-corrected chi connectivity index (χ3v) is 1.43. The van der Waals surface area contributed by atoms with Crippen molar-refractivity contribution in [1.82, 2.24) is 0 Å². The van der Waals surface area contributed by atoms with Crippen LogP contribution in [0.2, 0.25) is 0 Å². The Morgan fingerprint density at radius 1 is 1.50 bits per heavy atom. The van der Waals surface area contributed by atoms with Crippen LogP contribution in [0.4, 0.5) is 0 Å². The smallest absolute Gasteiger partial charge is 0.0233 e. The van der Waals surface area contributed by atoms with Gasteiger partial charge in [-0.05, 0) is 11.8 Å². The Morgan fingerprint density at radius 2 is 2.12 bits per heavy atom. The molecule has 0 aromatic carbocycles. The average molecular weight is 109 g/mol. The Bertz CT molecular complexity index is 124. The molecule has 0 aliphatic heterocycles. The lowest BCUT2D eigenvalue weighted by atomic mass is 9.98. The minimum absolute atomic E-state index is 0.486. The first kappa shape index (κ1) is 4.37. The van der Waals surface area contributed by atoms with Crippen molar-refractivity contribution in [2.45, 2.75) is 13.8 Å². The molecule has 44 valence electrons. The largest absolute Gasteiger partial charge is 0.0774 e. The van der Waals surface area contributed by atoms with E-state index in [2.05, 4.69) is 31.2 Å². The van der Waals surface area contributed by atoms with E-state index in [9.17, 15) is 0 Å². The van der Waals surface area contributed by atoms with E-state index in [0.717, 1.165) is 0 Å². The molecule has 0 amide bonds. The molecular formula is C8H12. The van der Waals surface area contributed by atoms with Crippen molar-refractivity contribution in [1.29, 1.82) is 0 Å². The molecule has 0 aromatic heterocycles. The first-order valence-electron chi connectivity index (χ1n) is 3.69.